The van der Waals surface area contributed by atoms with Gasteiger partial charge >= 0.3 is 12.0 Å². The minimum Gasteiger partial charge on any atom is -0.478 e. The minimum absolute atomic E-state index is 0.0216. The maximum atomic E-state index is 12.1. The second-order valence-electron chi connectivity index (χ2n) is 4.23. The van der Waals surface area contributed by atoms with Crippen molar-refractivity contribution in [2.45, 2.75) is 0 Å². The van der Waals surface area contributed by atoms with Crippen LogP contribution in [0.1, 0.15) is 10.4 Å². The lowest BCUT2D eigenvalue weighted by molar-refractivity contribution is 0.0698. The van der Waals surface area contributed by atoms with Gasteiger partial charge in [-0.05, 0) is 28.1 Å². The molecule has 20 heavy (non-hydrogen) atoms. The molecule has 1 fully saturated rings. The summed E-state index contributed by atoms with van der Waals surface area (Å²) in [5.74, 6) is -0.203. The van der Waals surface area contributed by atoms with Crippen LogP contribution in [-0.2, 0) is 10.8 Å². The molecule has 2 rings (SSSR count). The van der Waals surface area contributed by atoms with E-state index in [0.717, 1.165) is 0 Å². The lowest BCUT2D eigenvalue weighted by atomic mass is 10.2. The summed E-state index contributed by atoms with van der Waals surface area (Å²) >= 11 is 3.23. The summed E-state index contributed by atoms with van der Waals surface area (Å²) in [6, 6.07) is 4.30. The van der Waals surface area contributed by atoms with Gasteiger partial charge in [-0.25, -0.2) is 9.59 Å². The molecule has 0 atom stereocenters. The molecule has 0 spiro atoms. The molecule has 2 N–H and O–H groups in total. The molecule has 0 saturated carbocycles. The Balaban J connectivity index is 2.15. The first-order chi connectivity index (χ1) is 9.49. The first-order valence-corrected chi connectivity index (χ1v) is 8.20. The molecule has 1 aliphatic rings. The lowest BCUT2D eigenvalue weighted by Crippen LogP contribution is -2.44. The number of rotatable bonds is 2. The summed E-state index contributed by atoms with van der Waals surface area (Å²) in [6.45, 7) is 0.816. The van der Waals surface area contributed by atoms with Crippen molar-refractivity contribution in [3.05, 3.63) is 28.2 Å². The number of carboxylic acid groups (broad SMARTS) is 1. The Hall–Kier alpha value is -1.41. The van der Waals surface area contributed by atoms with Crippen molar-refractivity contribution in [2.24, 2.45) is 0 Å². The Kier molecular flexibility index (Phi) is 4.77. The fourth-order valence-corrected chi connectivity index (χ4v) is 3.37. The van der Waals surface area contributed by atoms with Crippen LogP contribution in [0.3, 0.4) is 0 Å². The SMILES string of the molecule is O=C(O)c1cccc(Br)c1NC(=O)N1CCS(=O)CC1. The van der Waals surface area contributed by atoms with Crippen LogP contribution >= 0.6 is 15.9 Å². The highest BCUT2D eigenvalue weighted by atomic mass is 79.9. The smallest absolute Gasteiger partial charge is 0.337 e. The number of para-hydroxylation sites is 1. The van der Waals surface area contributed by atoms with E-state index >= 15 is 0 Å². The van der Waals surface area contributed by atoms with Gasteiger partial charge in [-0.1, -0.05) is 6.07 Å². The van der Waals surface area contributed by atoms with Gasteiger partial charge in [0.25, 0.3) is 0 Å². The molecule has 0 unspecified atom stereocenters. The number of hydrogen-bond acceptors (Lipinski definition) is 3. The van der Waals surface area contributed by atoms with E-state index in [9.17, 15) is 13.8 Å². The van der Waals surface area contributed by atoms with Gasteiger partial charge < -0.3 is 15.3 Å². The Morgan fingerprint density at radius 3 is 2.55 bits per heavy atom. The van der Waals surface area contributed by atoms with Crippen molar-refractivity contribution >= 4 is 44.4 Å². The molecule has 6 nitrogen and oxygen atoms in total. The fraction of sp³-hybridized carbons (Fsp3) is 0.333. The van der Waals surface area contributed by atoms with E-state index in [1.54, 1.807) is 12.1 Å². The summed E-state index contributed by atoms with van der Waals surface area (Å²) in [6.07, 6.45) is 0. The zero-order chi connectivity index (χ0) is 14.7. The average molecular weight is 361 g/mol. The number of nitrogens with one attached hydrogen (secondary N) is 1. The zero-order valence-corrected chi connectivity index (χ0v) is 12.9. The van der Waals surface area contributed by atoms with E-state index in [4.69, 9.17) is 5.11 Å². The molecule has 108 valence electrons. The van der Waals surface area contributed by atoms with Crippen LogP contribution in [0.15, 0.2) is 22.7 Å². The van der Waals surface area contributed by atoms with Gasteiger partial charge in [0.1, 0.15) is 0 Å². The predicted octanol–water partition coefficient (Wildman–Crippen LogP) is 1.74. The second kappa shape index (κ2) is 6.36. The number of carbonyl (C=O) groups excluding carboxylic acids is 1. The molecule has 0 bridgehead atoms. The predicted molar refractivity (Wildman–Crippen MR) is 79.6 cm³/mol. The number of halogens is 1. The third kappa shape index (κ3) is 3.37. The number of hydrogen-bond donors (Lipinski definition) is 2. The number of nitrogens with zero attached hydrogens (tertiary/aromatic N) is 1. The van der Waals surface area contributed by atoms with Crippen LogP contribution in [0, 0.1) is 0 Å². The number of benzene rings is 1. The fourth-order valence-electron chi connectivity index (χ4n) is 1.86. The summed E-state index contributed by atoms with van der Waals surface area (Å²) in [5.41, 5.74) is 0.255. The third-order valence-corrected chi connectivity index (χ3v) is 4.88. The Morgan fingerprint density at radius 2 is 1.95 bits per heavy atom. The van der Waals surface area contributed by atoms with Crippen molar-refractivity contribution < 1.29 is 18.9 Å². The first kappa shape index (κ1) is 15.0. The van der Waals surface area contributed by atoms with Gasteiger partial charge in [0.15, 0.2) is 0 Å². The van der Waals surface area contributed by atoms with Crippen LogP contribution in [0.25, 0.3) is 0 Å². The molecule has 1 heterocycles. The second-order valence-corrected chi connectivity index (χ2v) is 6.78. The number of urea groups is 1. The van der Waals surface area contributed by atoms with Crippen molar-refractivity contribution in [1.29, 1.82) is 0 Å². The standard InChI is InChI=1S/C12H13BrN2O4S/c13-9-3-1-2-8(11(16)17)10(9)14-12(18)15-4-6-20(19)7-5-15/h1-3H,4-7H2,(H,14,18)(H,16,17). The van der Waals surface area contributed by atoms with Gasteiger partial charge in [-0.2, -0.15) is 0 Å². The van der Waals surface area contributed by atoms with E-state index in [-0.39, 0.29) is 17.3 Å². The van der Waals surface area contributed by atoms with Crippen LogP contribution in [0.4, 0.5) is 10.5 Å². The van der Waals surface area contributed by atoms with Crippen molar-refractivity contribution in [1.82, 2.24) is 4.90 Å². The number of amides is 2. The average Bonchev–Trinajstić information content (AvgIpc) is 2.41. The molecule has 2 amide bonds. The quantitative estimate of drug-likeness (QED) is 0.840. The van der Waals surface area contributed by atoms with Gasteiger partial charge in [0.05, 0.1) is 11.3 Å². The first-order valence-electron chi connectivity index (χ1n) is 5.91. The molecule has 1 aromatic rings. The largest absolute Gasteiger partial charge is 0.478 e. The third-order valence-electron chi connectivity index (χ3n) is 2.94. The topological polar surface area (TPSA) is 86.7 Å². The minimum atomic E-state index is -1.11. The van der Waals surface area contributed by atoms with Crippen LogP contribution < -0.4 is 5.32 Å². The van der Waals surface area contributed by atoms with E-state index < -0.39 is 16.8 Å². The van der Waals surface area contributed by atoms with Crippen LogP contribution in [-0.4, -0.2) is 50.8 Å². The number of carbonyl (C=O) groups is 2. The molecule has 0 aliphatic carbocycles. The Bertz CT molecular complexity index is 569. The zero-order valence-electron chi connectivity index (χ0n) is 10.5. The van der Waals surface area contributed by atoms with Gasteiger partial charge in [0.2, 0.25) is 0 Å². The molecule has 0 radical (unpaired) electrons. The summed E-state index contributed by atoms with van der Waals surface area (Å²) in [4.78, 5) is 24.8. The lowest BCUT2D eigenvalue weighted by Gasteiger charge is -2.27. The van der Waals surface area contributed by atoms with Crippen LogP contribution in [0.2, 0.25) is 0 Å². The summed E-state index contributed by atoms with van der Waals surface area (Å²) in [5, 5.41) is 11.7. The van der Waals surface area contributed by atoms with Crippen LogP contribution in [0.5, 0.6) is 0 Å². The highest BCUT2D eigenvalue weighted by Crippen LogP contribution is 2.27. The van der Waals surface area contributed by atoms with Crippen molar-refractivity contribution in [2.75, 3.05) is 29.9 Å². The van der Waals surface area contributed by atoms with Gasteiger partial charge in [-0.15, -0.1) is 0 Å². The number of carboxylic acids is 1. The number of anilines is 1. The normalized spacial score (nSPS) is 15.9. The number of aromatic carboxylic acids is 1. The maximum Gasteiger partial charge on any atom is 0.337 e. The molecular weight excluding hydrogens is 348 g/mol. The Labute approximate surface area is 126 Å². The Morgan fingerprint density at radius 1 is 1.30 bits per heavy atom. The van der Waals surface area contributed by atoms with E-state index in [0.29, 0.717) is 29.1 Å². The van der Waals surface area contributed by atoms with Gasteiger partial charge in [-0.3, -0.25) is 4.21 Å². The molecular formula is C12H13BrN2O4S. The summed E-state index contributed by atoms with van der Waals surface area (Å²) < 4.78 is 11.8. The molecule has 8 heteroatoms. The molecule has 1 aliphatic heterocycles. The highest BCUT2D eigenvalue weighted by Gasteiger charge is 2.22. The van der Waals surface area contributed by atoms with E-state index in [1.807, 2.05) is 0 Å². The van der Waals surface area contributed by atoms with E-state index in [1.165, 1.54) is 11.0 Å². The monoisotopic (exact) mass is 360 g/mol. The van der Waals surface area contributed by atoms with Crippen molar-refractivity contribution in [3.8, 4) is 0 Å². The highest BCUT2D eigenvalue weighted by molar-refractivity contribution is 9.10. The molecule has 1 aromatic carbocycles. The van der Waals surface area contributed by atoms with Gasteiger partial charge in [0, 0.05) is 39.9 Å². The van der Waals surface area contributed by atoms with E-state index in [2.05, 4.69) is 21.2 Å². The summed E-state index contributed by atoms with van der Waals surface area (Å²) in [7, 11) is -0.865. The molecule has 1 saturated heterocycles. The maximum absolute atomic E-state index is 12.1. The van der Waals surface area contributed by atoms with Crippen molar-refractivity contribution in [3.63, 3.8) is 0 Å². The molecule has 0 aromatic heterocycles.